The first-order valence-corrected chi connectivity index (χ1v) is 5.71. The molecule has 0 aliphatic rings. The zero-order chi connectivity index (χ0) is 11.1. The van der Waals surface area contributed by atoms with Crippen LogP contribution in [0.5, 0.6) is 0 Å². The highest BCUT2D eigenvalue weighted by molar-refractivity contribution is 5.49. The van der Waals surface area contributed by atoms with Gasteiger partial charge in [-0.2, -0.15) is 0 Å². The third-order valence-corrected chi connectivity index (χ3v) is 3.11. The molecule has 0 heterocycles. The third-order valence-electron chi connectivity index (χ3n) is 3.11. The first kappa shape index (κ1) is 12.0. The molecule has 1 rings (SSSR count). The van der Waals surface area contributed by atoms with E-state index >= 15 is 0 Å². The van der Waals surface area contributed by atoms with E-state index in [1.165, 1.54) is 5.56 Å². The lowest BCUT2D eigenvalue weighted by atomic mass is 9.87. The molecule has 0 bridgehead atoms. The summed E-state index contributed by atoms with van der Waals surface area (Å²) in [5.74, 6) is 1.27. The number of carbonyl (C=O) groups is 1. The number of rotatable bonds is 6. The first-order chi connectivity index (χ1) is 7.24. The summed E-state index contributed by atoms with van der Waals surface area (Å²) < 4.78 is 0. The second-order valence-electron chi connectivity index (χ2n) is 4.39. The smallest absolute Gasteiger partial charge is 0.120 e. The van der Waals surface area contributed by atoms with Crippen molar-refractivity contribution in [1.82, 2.24) is 0 Å². The highest BCUT2D eigenvalue weighted by atomic mass is 16.1. The molecule has 0 fully saturated rings. The van der Waals surface area contributed by atoms with Gasteiger partial charge in [0.05, 0.1) is 0 Å². The van der Waals surface area contributed by atoms with Crippen LogP contribution in [0.4, 0.5) is 0 Å². The van der Waals surface area contributed by atoms with Crippen LogP contribution in [0, 0.1) is 11.8 Å². The third kappa shape index (κ3) is 4.28. The predicted octanol–water partition coefficient (Wildman–Crippen LogP) is 3.48. The van der Waals surface area contributed by atoms with Crippen LogP contribution in [0.1, 0.15) is 32.3 Å². The summed E-state index contributed by atoms with van der Waals surface area (Å²) >= 11 is 0. The number of benzene rings is 1. The zero-order valence-corrected chi connectivity index (χ0v) is 9.65. The average molecular weight is 204 g/mol. The topological polar surface area (TPSA) is 17.1 Å². The van der Waals surface area contributed by atoms with Gasteiger partial charge in [0.2, 0.25) is 0 Å². The number of hydrogen-bond acceptors (Lipinski definition) is 1. The van der Waals surface area contributed by atoms with Gasteiger partial charge >= 0.3 is 0 Å². The van der Waals surface area contributed by atoms with Crippen LogP contribution in [0.15, 0.2) is 30.3 Å². The monoisotopic (exact) mass is 204 g/mol. The van der Waals surface area contributed by atoms with Crippen LogP contribution in [0.3, 0.4) is 0 Å². The number of carbonyl (C=O) groups excluding carboxylic acids is 1. The van der Waals surface area contributed by atoms with Crippen molar-refractivity contribution in [3.8, 4) is 0 Å². The van der Waals surface area contributed by atoms with E-state index in [-0.39, 0.29) is 0 Å². The molecule has 82 valence electrons. The second kappa shape index (κ2) is 6.39. The van der Waals surface area contributed by atoms with E-state index in [9.17, 15) is 4.79 Å². The largest absolute Gasteiger partial charge is 0.303 e. The standard InChI is InChI=1S/C14H20O/c1-12(7-6-10-15)13(2)11-14-8-4-3-5-9-14/h3-5,8-10,12-13H,6-7,11H2,1-2H3. The Bertz CT molecular complexity index is 279. The van der Waals surface area contributed by atoms with Crippen molar-refractivity contribution in [2.45, 2.75) is 33.1 Å². The normalized spacial score (nSPS) is 14.5. The molecule has 1 nitrogen and oxygen atoms in total. The number of aldehydes is 1. The van der Waals surface area contributed by atoms with Gasteiger partial charge in [-0.1, -0.05) is 44.2 Å². The van der Waals surface area contributed by atoms with Gasteiger partial charge in [-0.25, -0.2) is 0 Å². The Hall–Kier alpha value is -1.11. The van der Waals surface area contributed by atoms with Gasteiger partial charge in [0, 0.05) is 6.42 Å². The Kier molecular flexibility index (Phi) is 5.09. The molecule has 0 spiro atoms. The van der Waals surface area contributed by atoms with Crippen LogP contribution in [-0.4, -0.2) is 6.29 Å². The Labute approximate surface area is 92.5 Å². The highest BCUT2D eigenvalue weighted by Crippen LogP contribution is 2.20. The fourth-order valence-corrected chi connectivity index (χ4v) is 1.80. The van der Waals surface area contributed by atoms with E-state index in [1.807, 2.05) is 6.07 Å². The van der Waals surface area contributed by atoms with E-state index in [4.69, 9.17) is 0 Å². The van der Waals surface area contributed by atoms with Crippen molar-refractivity contribution >= 4 is 6.29 Å². The second-order valence-corrected chi connectivity index (χ2v) is 4.39. The van der Waals surface area contributed by atoms with Crippen LogP contribution >= 0.6 is 0 Å². The maximum Gasteiger partial charge on any atom is 0.120 e. The first-order valence-electron chi connectivity index (χ1n) is 5.71. The van der Waals surface area contributed by atoms with Gasteiger partial charge in [-0.05, 0) is 30.2 Å². The Balaban J connectivity index is 2.41. The van der Waals surface area contributed by atoms with E-state index in [2.05, 4.69) is 38.1 Å². The summed E-state index contributed by atoms with van der Waals surface area (Å²) in [4.78, 5) is 10.3. The summed E-state index contributed by atoms with van der Waals surface area (Å²) in [6, 6.07) is 10.5. The molecule has 0 saturated carbocycles. The van der Waals surface area contributed by atoms with Crippen LogP contribution in [-0.2, 0) is 11.2 Å². The van der Waals surface area contributed by atoms with E-state index in [1.54, 1.807) is 0 Å². The fraction of sp³-hybridized carbons (Fsp3) is 0.500. The molecule has 0 saturated heterocycles. The predicted molar refractivity (Wildman–Crippen MR) is 63.8 cm³/mol. The molecule has 2 atom stereocenters. The lowest BCUT2D eigenvalue weighted by Crippen LogP contribution is -2.11. The molecule has 0 radical (unpaired) electrons. The fourth-order valence-electron chi connectivity index (χ4n) is 1.80. The molecule has 0 aromatic heterocycles. The maximum atomic E-state index is 10.3. The van der Waals surface area contributed by atoms with Crippen molar-refractivity contribution in [2.24, 2.45) is 11.8 Å². The molecular weight excluding hydrogens is 184 g/mol. The minimum absolute atomic E-state index is 0.621. The Morgan fingerprint density at radius 3 is 2.40 bits per heavy atom. The van der Waals surface area contributed by atoms with E-state index in [0.29, 0.717) is 18.3 Å². The lowest BCUT2D eigenvalue weighted by Gasteiger charge is -2.18. The summed E-state index contributed by atoms with van der Waals surface area (Å²) in [7, 11) is 0. The maximum absolute atomic E-state index is 10.3. The van der Waals surface area contributed by atoms with Crippen molar-refractivity contribution in [3.63, 3.8) is 0 Å². The molecule has 1 heteroatoms. The molecule has 0 N–H and O–H groups in total. The van der Waals surface area contributed by atoms with Crippen molar-refractivity contribution < 1.29 is 4.79 Å². The van der Waals surface area contributed by atoms with Gasteiger partial charge < -0.3 is 4.79 Å². The van der Waals surface area contributed by atoms with Gasteiger partial charge in [-0.3, -0.25) is 0 Å². The molecule has 1 aromatic rings. The van der Waals surface area contributed by atoms with Crippen molar-refractivity contribution in [3.05, 3.63) is 35.9 Å². The van der Waals surface area contributed by atoms with Crippen LogP contribution in [0.2, 0.25) is 0 Å². The van der Waals surface area contributed by atoms with Crippen LogP contribution in [0.25, 0.3) is 0 Å². The van der Waals surface area contributed by atoms with E-state index < -0.39 is 0 Å². The van der Waals surface area contributed by atoms with Crippen molar-refractivity contribution in [1.29, 1.82) is 0 Å². The van der Waals surface area contributed by atoms with Gasteiger partial charge in [0.25, 0.3) is 0 Å². The Morgan fingerprint density at radius 2 is 1.80 bits per heavy atom. The highest BCUT2D eigenvalue weighted by Gasteiger charge is 2.12. The lowest BCUT2D eigenvalue weighted by molar-refractivity contribution is -0.108. The van der Waals surface area contributed by atoms with Crippen LogP contribution < -0.4 is 0 Å². The summed E-state index contributed by atoms with van der Waals surface area (Å²) in [5.41, 5.74) is 1.39. The molecule has 2 unspecified atom stereocenters. The minimum atomic E-state index is 0.621. The average Bonchev–Trinajstić information content (AvgIpc) is 2.27. The summed E-state index contributed by atoms with van der Waals surface area (Å²) in [6.07, 6.45) is 3.84. The van der Waals surface area contributed by atoms with Gasteiger partial charge in [0.15, 0.2) is 0 Å². The Morgan fingerprint density at radius 1 is 1.13 bits per heavy atom. The summed E-state index contributed by atoms with van der Waals surface area (Å²) in [5, 5.41) is 0. The molecule has 0 aliphatic carbocycles. The summed E-state index contributed by atoms with van der Waals surface area (Å²) in [6.45, 7) is 4.50. The SMILES string of the molecule is CC(CCC=O)C(C)Cc1ccccc1. The number of hydrogen-bond donors (Lipinski definition) is 0. The molecule has 0 aliphatic heterocycles. The van der Waals surface area contributed by atoms with E-state index in [0.717, 1.165) is 19.1 Å². The zero-order valence-electron chi connectivity index (χ0n) is 9.65. The molecule has 0 amide bonds. The molecule has 15 heavy (non-hydrogen) atoms. The van der Waals surface area contributed by atoms with Gasteiger partial charge in [-0.15, -0.1) is 0 Å². The van der Waals surface area contributed by atoms with Crippen molar-refractivity contribution in [2.75, 3.05) is 0 Å². The molecule has 1 aromatic carbocycles. The molecular formula is C14H20O. The quantitative estimate of drug-likeness (QED) is 0.648. The van der Waals surface area contributed by atoms with Gasteiger partial charge in [0.1, 0.15) is 6.29 Å². The minimum Gasteiger partial charge on any atom is -0.303 e.